The SMILES string of the molecule is CC(C)C[C@H](N)C(=O)O[C@H](C)[C@H]1C(=O)N2C(C(=O)Oc3ccc4c(c3)CCC4)=C(S[C@H]3CNC(=S)C3)[C@H](C)[C@H]12. The summed E-state index contributed by atoms with van der Waals surface area (Å²) < 4.78 is 11.6. The maximum atomic E-state index is 13.7. The maximum absolute atomic E-state index is 13.7. The Morgan fingerprint density at radius 3 is 2.67 bits per heavy atom. The monoisotopic (exact) mass is 571 g/mol. The minimum Gasteiger partial charge on any atom is -0.461 e. The Hall–Kier alpha value is -2.43. The highest BCUT2D eigenvalue weighted by Crippen LogP contribution is 2.52. The normalized spacial score (nSPS) is 27.2. The van der Waals surface area contributed by atoms with Gasteiger partial charge in [-0.3, -0.25) is 9.59 Å². The van der Waals surface area contributed by atoms with Gasteiger partial charge in [0, 0.05) is 29.0 Å². The van der Waals surface area contributed by atoms with Crippen molar-refractivity contribution in [1.82, 2.24) is 10.2 Å². The molecule has 6 atom stereocenters. The Bertz CT molecular complexity index is 1230. The average molecular weight is 572 g/mol. The number of ether oxygens (including phenoxy) is 2. The Balaban J connectivity index is 1.37. The summed E-state index contributed by atoms with van der Waals surface area (Å²) in [5, 5.41) is 3.37. The zero-order valence-corrected chi connectivity index (χ0v) is 24.5. The van der Waals surface area contributed by atoms with Crippen molar-refractivity contribution in [2.75, 3.05) is 6.54 Å². The lowest BCUT2D eigenvalue weighted by Gasteiger charge is -2.47. The smallest absolute Gasteiger partial charge is 0.361 e. The van der Waals surface area contributed by atoms with Crippen LogP contribution in [-0.4, -0.2) is 57.7 Å². The fourth-order valence-electron chi connectivity index (χ4n) is 6.21. The van der Waals surface area contributed by atoms with E-state index in [2.05, 4.69) is 5.32 Å². The molecule has 2 saturated heterocycles. The number of carbonyl (C=O) groups is 3. The van der Waals surface area contributed by atoms with Crippen LogP contribution in [-0.2, 0) is 32.0 Å². The van der Waals surface area contributed by atoms with Gasteiger partial charge < -0.3 is 25.4 Å². The summed E-state index contributed by atoms with van der Waals surface area (Å²) in [6, 6.07) is 4.75. The van der Waals surface area contributed by atoms with Gasteiger partial charge in [0.25, 0.3) is 0 Å². The molecule has 5 rings (SSSR count). The number of benzene rings is 1. The van der Waals surface area contributed by atoms with Gasteiger partial charge in [-0.2, -0.15) is 0 Å². The van der Waals surface area contributed by atoms with E-state index in [1.807, 2.05) is 39.0 Å². The number of aryl methyl sites for hydroxylation is 2. The number of esters is 2. The molecular formula is C29H37N3O5S2. The Labute approximate surface area is 239 Å². The van der Waals surface area contributed by atoms with E-state index in [-0.39, 0.29) is 29.0 Å². The number of thioether (sulfide) groups is 1. The number of amides is 1. The second-order valence-corrected chi connectivity index (χ2v) is 13.4. The third-order valence-electron chi connectivity index (χ3n) is 8.13. The summed E-state index contributed by atoms with van der Waals surface area (Å²) in [5.41, 5.74) is 8.83. The first-order chi connectivity index (χ1) is 18.5. The third kappa shape index (κ3) is 5.47. The number of β-lactam (4-membered cyclic amide) rings is 1. The fraction of sp³-hybridized carbons (Fsp3) is 0.586. The molecule has 4 aliphatic rings. The number of rotatable bonds is 9. The number of nitrogens with two attached hydrogens (primary N) is 1. The van der Waals surface area contributed by atoms with E-state index in [1.54, 1.807) is 23.6 Å². The summed E-state index contributed by atoms with van der Waals surface area (Å²) in [4.78, 5) is 43.0. The minimum atomic E-state index is -0.736. The van der Waals surface area contributed by atoms with Gasteiger partial charge in [-0.1, -0.05) is 39.1 Å². The molecule has 1 aliphatic carbocycles. The molecule has 0 unspecified atom stereocenters. The van der Waals surface area contributed by atoms with Gasteiger partial charge in [0.2, 0.25) is 5.91 Å². The van der Waals surface area contributed by atoms with Crippen molar-refractivity contribution in [3.63, 3.8) is 0 Å². The molecule has 1 aromatic rings. The largest absolute Gasteiger partial charge is 0.461 e. The molecule has 210 valence electrons. The lowest BCUT2D eigenvalue weighted by molar-refractivity contribution is -0.172. The number of hydrogen-bond acceptors (Lipinski definition) is 8. The molecule has 0 spiro atoms. The first-order valence-corrected chi connectivity index (χ1v) is 15.1. The van der Waals surface area contributed by atoms with Crippen LogP contribution in [0.1, 0.15) is 58.1 Å². The van der Waals surface area contributed by atoms with Crippen LogP contribution in [0.3, 0.4) is 0 Å². The second-order valence-electron chi connectivity index (χ2n) is 11.5. The molecule has 3 aliphatic heterocycles. The van der Waals surface area contributed by atoms with E-state index < -0.39 is 30.0 Å². The van der Waals surface area contributed by atoms with Gasteiger partial charge in [0.15, 0.2) is 0 Å². The highest BCUT2D eigenvalue weighted by Gasteiger charge is 2.61. The average Bonchev–Trinajstić information content (AvgIpc) is 3.56. The molecule has 10 heteroatoms. The molecular weight excluding hydrogens is 534 g/mol. The number of nitrogens with one attached hydrogen (secondary N) is 1. The standard InChI is InChI=1S/C29H37N3O5S2/c1-14(2)10-21(30)28(34)36-16(4)23-24-15(3)26(39-20-12-22(38)31-13-20)25(32(24)27(23)33)29(35)37-19-9-8-17-6-5-7-18(17)11-19/h8-9,11,14-16,20-21,23-24H,5-7,10,12-13,30H2,1-4H3,(H,31,38)/t15-,16-,20-,21+,23-,24-/m1/s1. The number of thiocarbonyl (C=S) groups is 1. The fourth-order valence-corrected chi connectivity index (χ4v) is 8.03. The Morgan fingerprint density at radius 2 is 1.97 bits per heavy atom. The van der Waals surface area contributed by atoms with Crippen molar-refractivity contribution >= 4 is 46.8 Å². The lowest BCUT2D eigenvalue weighted by atomic mass is 9.79. The van der Waals surface area contributed by atoms with Crippen LogP contribution in [0.25, 0.3) is 0 Å². The van der Waals surface area contributed by atoms with Crippen molar-refractivity contribution in [3.05, 3.63) is 39.9 Å². The van der Waals surface area contributed by atoms with Gasteiger partial charge in [-0.05, 0) is 61.8 Å². The second kappa shape index (κ2) is 11.2. The molecule has 0 aromatic heterocycles. The van der Waals surface area contributed by atoms with Crippen molar-refractivity contribution in [1.29, 1.82) is 0 Å². The molecule has 39 heavy (non-hydrogen) atoms. The Kier molecular flexibility index (Phi) is 8.08. The molecule has 8 nitrogen and oxygen atoms in total. The number of hydrogen-bond donors (Lipinski definition) is 2. The molecule has 0 radical (unpaired) electrons. The van der Waals surface area contributed by atoms with Crippen LogP contribution in [0.15, 0.2) is 28.8 Å². The third-order valence-corrected chi connectivity index (χ3v) is 9.93. The lowest BCUT2D eigenvalue weighted by Crippen LogP contribution is -2.64. The van der Waals surface area contributed by atoms with Crippen LogP contribution in [0, 0.1) is 17.8 Å². The topological polar surface area (TPSA) is 111 Å². The van der Waals surface area contributed by atoms with Gasteiger partial charge in [0.05, 0.1) is 16.9 Å². The summed E-state index contributed by atoms with van der Waals surface area (Å²) in [5.74, 6) is -1.21. The van der Waals surface area contributed by atoms with E-state index in [0.717, 1.165) is 29.2 Å². The van der Waals surface area contributed by atoms with Gasteiger partial charge in [-0.15, -0.1) is 11.8 Å². The van der Waals surface area contributed by atoms with Crippen LogP contribution in [0.5, 0.6) is 5.75 Å². The van der Waals surface area contributed by atoms with Crippen molar-refractivity contribution in [3.8, 4) is 5.75 Å². The number of nitrogens with zero attached hydrogens (tertiary/aromatic N) is 1. The van der Waals surface area contributed by atoms with Crippen molar-refractivity contribution in [2.45, 2.75) is 83.2 Å². The molecule has 0 saturated carbocycles. The van der Waals surface area contributed by atoms with Crippen LogP contribution >= 0.6 is 24.0 Å². The predicted octanol–water partition coefficient (Wildman–Crippen LogP) is 3.50. The van der Waals surface area contributed by atoms with Crippen LogP contribution < -0.4 is 15.8 Å². The van der Waals surface area contributed by atoms with Crippen LogP contribution in [0.4, 0.5) is 0 Å². The summed E-state index contributed by atoms with van der Waals surface area (Å²) in [7, 11) is 0. The highest BCUT2D eigenvalue weighted by molar-refractivity contribution is 8.03. The zero-order chi connectivity index (χ0) is 28.0. The van der Waals surface area contributed by atoms with Gasteiger partial charge in [-0.25, -0.2) is 4.79 Å². The predicted molar refractivity (Wildman–Crippen MR) is 154 cm³/mol. The molecule has 2 fully saturated rings. The zero-order valence-electron chi connectivity index (χ0n) is 22.9. The van der Waals surface area contributed by atoms with Crippen molar-refractivity contribution < 1.29 is 23.9 Å². The van der Waals surface area contributed by atoms with E-state index in [0.29, 0.717) is 30.8 Å². The van der Waals surface area contributed by atoms with E-state index in [9.17, 15) is 14.4 Å². The molecule has 1 amide bonds. The highest BCUT2D eigenvalue weighted by atomic mass is 32.2. The molecule has 1 aromatic carbocycles. The Morgan fingerprint density at radius 1 is 1.23 bits per heavy atom. The first kappa shape index (κ1) is 28.1. The van der Waals surface area contributed by atoms with Crippen LogP contribution in [0.2, 0.25) is 0 Å². The van der Waals surface area contributed by atoms with Gasteiger partial charge >= 0.3 is 11.9 Å². The molecule has 0 bridgehead atoms. The molecule has 3 heterocycles. The summed E-state index contributed by atoms with van der Waals surface area (Å²) >= 11 is 6.93. The molecule has 3 N–H and O–H groups in total. The van der Waals surface area contributed by atoms with E-state index >= 15 is 0 Å². The quantitative estimate of drug-likeness (QED) is 0.199. The first-order valence-electron chi connectivity index (χ1n) is 13.9. The van der Waals surface area contributed by atoms with E-state index in [4.69, 9.17) is 27.4 Å². The van der Waals surface area contributed by atoms with Crippen molar-refractivity contribution in [2.24, 2.45) is 23.5 Å². The summed E-state index contributed by atoms with van der Waals surface area (Å²) in [6.07, 6.45) is 3.68. The number of carbonyl (C=O) groups excluding carboxylic acids is 3. The van der Waals surface area contributed by atoms with E-state index in [1.165, 1.54) is 11.1 Å². The summed E-state index contributed by atoms with van der Waals surface area (Å²) in [6.45, 7) is 8.45. The van der Waals surface area contributed by atoms with Gasteiger partial charge in [0.1, 0.15) is 23.6 Å². The number of fused-ring (bicyclic) bond motifs is 2. The minimum absolute atomic E-state index is 0.125. The maximum Gasteiger partial charge on any atom is 0.361 e.